The highest BCUT2D eigenvalue weighted by Gasteiger charge is 2.30. The first-order valence-electron chi connectivity index (χ1n) is 7.57. The smallest absolute Gasteiger partial charge is 0.416 e. The van der Waals surface area contributed by atoms with E-state index in [2.05, 4.69) is 10.2 Å². The van der Waals surface area contributed by atoms with Crippen LogP contribution < -0.4 is 0 Å². The van der Waals surface area contributed by atoms with Gasteiger partial charge in [-0.25, -0.2) is 0 Å². The summed E-state index contributed by atoms with van der Waals surface area (Å²) in [5, 5.41) is 7.80. The van der Waals surface area contributed by atoms with Crippen molar-refractivity contribution in [1.82, 2.24) is 10.2 Å². The lowest BCUT2D eigenvalue weighted by Crippen LogP contribution is -2.04. The van der Waals surface area contributed by atoms with Crippen molar-refractivity contribution in [3.05, 3.63) is 65.5 Å². The predicted molar refractivity (Wildman–Crippen MR) is 90.2 cm³/mol. The number of halogens is 3. The Morgan fingerprint density at radius 1 is 1.04 bits per heavy atom. The van der Waals surface area contributed by atoms with Crippen LogP contribution >= 0.6 is 11.8 Å². The van der Waals surface area contributed by atoms with E-state index in [1.807, 2.05) is 38.1 Å². The van der Waals surface area contributed by atoms with Crippen LogP contribution in [-0.4, -0.2) is 10.2 Å². The minimum absolute atomic E-state index is 0.269. The van der Waals surface area contributed by atoms with Crippen LogP contribution in [0.4, 0.5) is 13.2 Å². The largest absolute Gasteiger partial charge is 0.419 e. The van der Waals surface area contributed by atoms with E-state index in [0.29, 0.717) is 16.7 Å². The molecule has 1 atom stereocenters. The van der Waals surface area contributed by atoms with Gasteiger partial charge in [-0.2, -0.15) is 13.2 Å². The molecular formula is C18H15F3N2OS. The zero-order chi connectivity index (χ0) is 18.0. The monoisotopic (exact) mass is 364 g/mol. The number of aryl methyl sites for hydroxylation is 1. The summed E-state index contributed by atoms with van der Waals surface area (Å²) in [4.78, 5) is 0.498. The Kier molecular flexibility index (Phi) is 4.85. The SMILES string of the molecule is Cc1cccc(-c2nnc([C@H](C)Sc3cccc(C(F)(F)F)c3)o2)c1. The molecule has 0 saturated carbocycles. The maximum atomic E-state index is 12.8. The lowest BCUT2D eigenvalue weighted by molar-refractivity contribution is -0.137. The Morgan fingerprint density at radius 3 is 2.52 bits per heavy atom. The molecule has 0 aliphatic rings. The van der Waals surface area contributed by atoms with Crippen LogP contribution in [0.3, 0.4) is 0 Å². The molecule has 1 heterocycles. The number of rotatable bonds is 4. The van der Waals surface area contributed by atoms with Crippen LogP contribution in [0.1, 0.15) is 29.2 Å². The minimum Gasteiger partial charge on any atom is -0.419 e. The van der Waals surface area contributed by atoms with Gasteiger partial charge >= 0.3 is 6.18 Å². The van der Waals surface area contributed by atoms with Gasteiger partial charge in [-0.3, -0.25) is 0 Å². The normalized spacial score (nSPS) is 13.0. The summed E-state index contributed by atoms with van der Waals surface area (Å²) in [7, 11) is 0. The first kappa shape index (κ1) is 17.5. The number of hydrogen-bond acceptors (Lipinski definition) is 4. The third kappa shape index (κ3) is 4.22. The lowest BCUT2D eigenvalue weighted by Gasteiger charge is -2.10. The molecular weight excluding hydrogens is 349 g/mol. The van der Waals surface area contributed by atoms with Crippen LogP contribution in [0.5, 0.6) is 0 Å². The molecule has 2 aromatic carbocycles. The highest BCUT2D eigenvalue weighted by Crippen LogP contribution is 2.38. The van der Waals surface area contributed by atoms with Gasteiger partial charge in [-0.15, -0.1) is 22.0 Å². The average molecular weight is 364 g/mol. The topological polar surface area (TPSA) is 38.9 Å². The van der Waals surface area contributed by atoms with Crippen molar-refractivity contribution < 1.29 is 17.6 Å². The van der Waals surface area contributed by atoms with Gasteiger partial charge in [0, 0.05) is 10.5 Å². The first-order chi connectivity index (χ1) is 11.8. The Bertz CT molecular complexity index is 877. The molecule has 25 heavy (non-hydrogen) atoms. The first-order valence-corrected chi connectivity index (χ1v) is 8.45. The van der Waals surface area contributed by atoms with Crippen molar-refractivity contribution in [2.45, 2.75) is 30.2 Å². The Hall–Kier alpha value is -2.28. The summed E-state index contributed by atoms with van der Waals surface area (Å²) >= 11 is 1.24. The van der Waals surface area contributed by atoms with Crippen molar-refractivity contribution in [2.24, 2.45) is 0 Å². The molecule has 3 nitrogen and oxygen atoms in total. The standard InChI is InChI=1S/C18H15F3N2OS/c1-11-5-3-6-13(9-11)17-23-22-16(24-17)12(2)25-15-8-4-7-14(10-15)18(19,20)21/h3-10,12H,1-2H3/t12-/m0/s1. The molecule has 0 saturated heterocycles. The van der Waals surface area contributed by atoms with E-state index in [0.717, 1.165) is 23.3 Å². The Balaban J connectivity index is 1.77. The van der Waals surface area contributed by atoms with Crippen molar-refractivity contribution in [2.75, 3.05) is 0 Å². The van der Waals surface area contributed by atoms with Crippen LogP contribution in [0, 0.1) is 6.92 Å². The second-order valence-corrected chi connectivity index (χ2v) is 7.01. The van der Waals surface area contributed by atoms with Gasteiger partial charge < -0.3 is 4.42 Å². The zero-order valence-electron chi connectivity index (χ0n) is 13.5. The van der Waals surface area contributed by atoms with Gasteiger partial charge in [-0.1, -0.05) is 23.8 Å². The fraction of sp³-hybridized carbons (Fsp3) is 0.222. The molecule has 1 aromatic heterocycles. The maximum absolute atomic E-state index is 12.8. The molecule has 0 fully saturated rings. The quantitative estimate of drug-likeness (QED) is 0.539. The van der Waals surface area contributed by atoms with Gasteiger partial charge in [0.15, 0.2) is 0 Å². The third-order valence-corrected chi connectivity index (χ3v) is 4.61. The van der Waals surface area contributed by atoms with Gasteiger partial charge in [0.25, 0.3) is 0 Å². The summed E-state index contributed by atoms with van der Waals surface area (Å²) in [6.45, 7) is 3.78. The summed E-state index contributed by atoms with van der Waals surface area (Å²) in [5.41, 5.74) is 1.22. The van der Waals surface area contributed by atoms with Crippen molar-refractivity contribution in [3.8, 4) is 11.5 Å². The van der Waals surface area contributed by atoms with Crippen molar-refractivity contribution >= 4 is 11.8 Å². The molecule has 0 bridgehead atoms. The highest BCUT2D eigenvalue weighted by molar-refractivity contribution is 7.99. The molecule has 0 unspecified atom stereocenters. The second-order valence-electron chi connectivity index (χ2n) is 5.60. The van der Waals surface area contributed by atoms with Crippen molar-refractivity contribution in [1.29, 1.82) is 0 Å². The number of thioether (sulfide) groups is 1. The number of hydrogen-bond donors (Lipinski definition) is 0. The molecule has 0 aliphatic heterocycles. The van der Waals surface area contributed by atoms with Crippen LogP contribution in [-0.2, 0) is 6.18 Å². The Morgan fingerprint density at radius 2 is 1.80 bits per heavy atom. The van der Waals surface area contributed by atoms with Crippen LogP contribution in [0.15, 0.2) is 57.8 Å². The fourth-order valence-corrected chi connectivity index (χ4v) is 3.25. The summed E-state index contributed by atoms with van der Waals surface area (Å²) < 4.78 is 44.1. The molecule has 3 aromatic rings. The second kappa shape index (κ2) is 6.92. The summed E-state index contributed by atoms with van der Waals surface area (Å²) in [6.07, 6.45) is -4.36. The summed E-state index contributed by atoms with van der Waals surface area (Å²) in [6, 6.07) is 12.9. The lowest BCUT2D eigenvalue weighted by atomic mass is 10.1. The maximum Gasteiger partial charge on any atom is 0.416 e. The van der Waals surface area contributed by atoms with Crippen LogP contribution in [0.25, 0.3) is 11.5 Å². The number of aromatic nitrogens is 2. The molecule has 0 N–H and O–H groups in total. The van der Waals surface area contributed by atoms with E-state index >= 15 is 0 Å². The van der Waals surface area contributed by atoms with E-state index in [-0.39, 0.29) is 5.25 Å². The summed E-state index contributed by atoms with van der Waals surface area (Å²) in [5.74, 6) is 0.772. The van der Waals surface area contributed by atoms with E-state index in [1.54, 1.807) is 6.07 Å². The van der Waals surface area contributed by atoms with E-state index < -0.39 is 11.7 Å². The van der Waals surface area contributed by atoms with Gasteiger partial charge in [-0.05, 0) is 44.2 Å². The number of alkyl halides is 3. The van der Waals surface area contributed by atoms with Crippen molar-refractivity contribution in [3.63, 3.8) is 0 Å². The van der Waals surface area contributed by atoms with E-state index in [9.17, 15) is 13.2 Å². The molecule has 3 rings (SSSR count). The number of nitrogens with zero attached hydrogens (tertiary/aromatic N) is 2. The van der Waals surface area contributed by atoms with E-state index in [1.165, 1.54) is 17.8 Å². The average Bonchev–Trinajstić information content (AvgIpc) is 3.04. The predicted octanol–water partition coefficient (Wildman–Crippen LogP) is 5.92. The molecule has 0 aliphatic carbocycles. The van der Waals surface area contributed by atoms with Crippen LogP contribution in [0.2, 0.25) is 0 Å². The highest BCUT2D eigenvalue weighted by atomic mass is 32.2. The molecule has 0 spiro atoms. The zero-order valence-corrected chi connectivity index (χ0v) is 14.4. The molecule has 130 valence electrons. The fourth-order valence-electron chi connectivity index (χ4n) is 2.29. The van der Waals surface area contributed by atoms with Gasteiger partial charge in [0.05, 0.1) is 10.8 Å². The van der Waals surface area contributed by atoms with Gasteiger partial charge in [0.1, 0.15) is 0 Å². The van der Waals surface area contributed by atoms with E-state index in [4.69, 9.17) is 4.42 Å². The molecule has 0 radical (unpaired) electrons. The Labute approximate surface area is 147 Å². The minimum atomic E-state index is -4.36. The number of benzene rings is 2. The molecule has 0 amide bonds. The van der Waals surface area contributed by atoms with Gasteiger partial charge in [0.2, 0.25) is 11.8 Å². The third-order valence-electron chi connectivity index (χ3n) is 3.53. The molecule has 7 heteroatoms.